The molecule has 6 heteroatoms. The first-order valence-corrected chi connectivity index (χ1v) is 9.61. The van der Waals surface area contributed by atoms with Gasteiger partial charge < -0.3 is 10.6 Å². The number of halogens is 1. The summed E-state index contributed by atoms with van der Waals surface area (Å²) in [6, 6.07) is 14.1. The molecule has 0 aliphatic carbocycles. The molecule has 0 bridgehead atoms. The molecular weight excluding hydrogens is 357 g/mol. The quantitative estimate of drug-likeness (QED) is 0.806. The smallest absolute Gasteiger partial charge is 0.254 e. The number of carbonyl (C=O) groups is 2. The predicted octanol–water partition coefficient (Wildman–Crippen LogP) is 2.64. The fourth-order valence-corrected chi connectivity index (χ4v) is 3.31. The third kappa shape index (κ3) is 5.63. The van der Waals surface area contributed by atoms with E-state index in [1.54, 1.807) is 12.1 Å². The molecule has 5 nitrogen and oxygen atoms in total. The second-order valence-corrected chi connectivity index (χ2v) is 7.27. The second kappa shape index (κ2) is 9.46. The Balaban J connectivity index is 1.39. The molecule has 28 heavy (non-hydrogen) atoms. The van der Waals surface area contributed by atoms with Gasteiger partial charge in [-0.25, -0.2) is 4.39 Å². The Bertz CT molecular complexity index is 815. The Labute approximate surface area is 164 Å². The summed E-state index contributed by atoms with van der Waals surface area (Å²) in [5.41, 5.74) is 2.34. The number of aryl methyl sites for hydroxylation is 1. The topological polar surface area (TPSA) is 61.4 Å². The number of hydrogen-bond donors (Lipinski definition) is 2. The average Bonchev–Trinajstić information content (AvgIpc) is 2.69. The van der Waals surface area contributed by atoms with E-state index in [-0.39, 0.29) is 23.4 Å². The number of benzene rings is 2. The van der Waals surface area contributed by atoms with E-state index in [0.717, 1.165) is 31.5 Å². The van der Waals surface area contributed by atoms with Gasteiger partial charge in [0, 0.05) is 25.7 Å². The van der Waals surface area contributed by atoms with E-state index in [1.165, 1.54) is 17.7 Å². The minimum atomic E-state index is -0.511. The van der Waals surface area contributed by atoms with E-state index in [2.05, 4.69) is 15.5 Å². The van der Waals surface area contributed by atoms with Crippen LogP contribution in [0.1, 0.15) is 34.3 Å². The number of rotatable bonds is 6. The van der Waals surface area contributed by atoms with Crippen LogP contribution < -0.4 is 10.6 Å². The van der Waals surface area contributed by atoms with Gasteiger partial charge in [-0.15, -0.1) is 0 Å². The molecule has 1 aliphatic heterocycles. The molecule has 0 spiro atoms. The maximum absolute atomic E-state index is 13.7. The monoisotopic (exact) mass is 383 g/mol. The molecule has 1 aliphatic rings. The number of carbonyl (C=O) groups excluding carboxylic acids is 2. The molecule has 2 amide bonds. The molecular formula is C22H26FN3O2. The largest absolute Gasteiger partial charge is 0.351 e. The average molecular weight is 383 g/mol. The highest BCUT2D eigenvalue weighted by atomic mass is 19.1. The second-order valence-electron chi connectivity index (χ2n) is 7.27. The van der Waals surface area contributed by atoms with Crippen LogP contribution in [0.4, 0.5) is 4.39 Å². The first kappa shape index (κ1) is 20.0. The van der Waals surface area contributed by atoms with Crippen LogP contribution in [-0.2, 0) is 11.3 Å². The number of nitrogens with zero attached hydrogens (tertiary/aromatic N) is 1. The van der Waals surface area contributed by atoms with Crippen molar-refractivity contribution in [2.24, 2.45) is 0 Å². The number of likely N-dealkylation sites (tertiary alicyclic amines) is 1. The van der Waals surface area contributed by atoms with Crippen LogP contribution in [0, 0.1) is 12.7 Å². The third-order valence-electron chi connectivity index (χ3n) is 5.02. The van der Waals surface area contributed by atoms with E-state index in [4.69, 9.17) is 0 Å². The standard InChI is InChI=1S/C22H26FN3O2/c1-16-6-8-17(9-7-16)14-24-21(27)15-26-12-10-18(11-13-26)25-22(28)19-4-2-3-5-20(19)23/h2-9,18H,10-15H2,1H3,(H,24,27)(H,25,28). The maximum Gasteiger partial charge on any atom is 0.254 e. The lowest BCUT2D eigenvalue weighted by Crippen LogP contribution is -2.47. The molecule has 0 radical (unpaired) electrons. The Hall–Kier alpha value is -2.73. The Morgan fingerprint density at radius 3 is 2.43 bits per heavy atom. The molecule has 148 valence electrons. The van der Waals surface area contributed by atoms with Crippen molar-refractivity contribution in [3.63, 3.8) is 0 Å². The van der Waals surface area contributed by atoms with Gasteiger partial charge in [0.2, 0.25) is 5.91 Å². The van der Waals surface area contributed by atoms with Crippen LogP contribution in [0.15, 0.2) is 48.5 Å². The van der Waals surface area contributed by atoms with Crippen molar-refractivity contribution in [3.05, 3.63) is 71.0 Å². The van der Waals surface area contributed by atoms with Crippen LogP contribution in [0.2, 0.25) is 0 Å². The lowest BCUT2D eigenvalue weighted by molar-refractivity contribution is -0.122. The maximum atomic E-state index is 13.7. The number of hydrogen-bond acceptors (Lipinski definition) is 3. The molecule has 1 fully saturated rings. The van der Waals surface area contributed by atoms with Gasteiger partial charge in [-0.2, -0.15) is 0 Å². The van der Waals surface area contributed by atoms with Gasteiger partial charge >= 0.3 is 0 Å². The van der Waals surface area contributed by atoms with Crippen molar-refractivity contribution in [1.29, 1.82) is 0 Å². The molecule has 1 heterocycles. The van der Waals surface area contributed by atoms with Crippen LogP contribution in [0.25, 0.3) is 0 Å². The normalized spacial score (nSPS) is 15.2. The summed E-state index contributed by atoms with van der Waals surface area (Å²) in [7, 11) is 0. The zero-order valence-electron chi connectivity index (χ0n) is 16.1. The van der Waals surface area contributed by atoms with Gasteiger partial charge in [0.25, 0.3) is 5.91 Å². The van der Waals surface area contributed by atoms with E-state index in [1.807, 2.05) is 31.2 Å². The highest BCUT2D eigenvalue weighted by Crippen LogP contribution is 2.12. The first-order chi connectivity index (χ1) is 13.5. The summed E-state index contributed by atoms with van der Waals surface area (Å²) in [4.78, 5) is 26.5. The zero-order chi connectivity index (χ0) is 19.9. The van der Waals surface area contributed by atoms with Crippen molar-refractivity contribution in [2.75, 3.05) is 19.6 Å². The van der Waals surface area contributed by atoms with Crippen LogP contribution in [0.5, 0.6) is 0 Å². The van der Waals surface area contributed by atoms with Crippen molar-refractivity contribution in [2.45, 2.75) is 32.4 Å². The lowest BCUT2D eigenvalue weighted by Gasteiger charge is -2.31. The molecule has 0 atom stereocenters. The van der Waals surface area contributed by atoms with E-state index >= 15 is 0 Å². The van der Waals surface area contributed by atoms with Crippen LogP contribution in [-0.4, -0.2) is 42.4 Å². The molecule has 0 aromatic heterocycles. The lowest BCUT2D eigenvalue weighted by atomic mass is 10.0. The first-order valence-electron chi connectivity index (χ1n) is 9.61. The van der Waals surface area contributed by atoms with Crippen molar-refractivity contribution < 1.29 is 14.0 Å². The number of piperidine rings is 1. The van der Waals surface area contributed by atoms with Gasteiger partial charge in [-0.05, 0) is 37.5 Å². The molecule has 3 rings (SSSR count). The molecule has 2 aromatic rings. The Kier molecular flexibility index (Phi) is 6.76. The van der Waals surface area contributed by atoms with E-state index in [0.29, 0.717) is 13.1 Å². The van der Waals surface area contributed by atoms with Crippen molar-refractivity contribution >= 4 is 11.8 Å². The SMILES string of the molecule is Cc1ccc(CNC(=O)CN2CCC(NC(=O)c3ccccc3F)CC2)cc1. The zero-order valence-corrected chi connectivity index (χ0v) is 16.1. The summed E-state index contributed by atoms with van der Waals surface area (Å²) >= 11 is 0. The Morgan fingerprint density at radius 1 is 1.07 bits per heavy atom. The van der Waals surface area contributed by atoms with Gasteiger partial charge in [-0.3, -0.25) is 14.5 Å². The van der Waals surface area contributed by atoms with Gasteiger partial charge in [0.15, 0.2) is 0 Å². The van der Waals surface area contributed by atoms with Gasteiger partial charge in [-0.1, -0.05) is 42.0 Å². The number of amides is 2. The molecule has 2 N–H and O–H groups in total. The summed E-state index contributed by atoms with van der Waals surface area (Å²) in [6.45, 7) is 4.35. The van der Waals surface area contributed by atoms with E-state index in [9.17, 15) is 14.0 Å². The summed E-state index contributed by atoms with van der Waals surface area (Å²) in [6.07, 6.45) is 1.48. The van der Waals surface area contributed by atoms with Gasteiger partial charge in [0.05, 0.1) is 12.1 Å². The Morgan fingerprint density at radius 2 is 1.75 bits per heavy atom. The molecule has 0 saturated carbocycles. The van der Waals surface area contributed by atoms with Crippen molar-refractivity contribution in [1.82, 2.24) is 15.5 Å². The molecule has 0 unspecified atom stereocenters. The third-order valence-corrected chi connectivity index (χ3v) is 5.02. The minimum absolute atomic E-state index is 0.000948. The highest BCUT2D eigenvalue weighted by molar-refractivity contribution is 5.94. The summed E-state index contributed by atoms with van der Waals surface area (Å²) in [5, 5.41) is 5.84. The number of nitrogens with one attached hydrogen (secondary N) is 2. The van der Waals surface area contributed by atoms with Gasteiger partial charge in [0.1, 0.15) is 5.82 Å². The van der Waals surface area contributed by atoms with Crippen LogP contribution >= 0.6 is 0 Å². The van der Waals surface area contributed by atoms with Crippen molar-refractivity contribution in [3.8, 4) is 0 Å². The molecule has 2 aromatic carbocycles. The highest BCUT2D eigenvalue weighted by Gasteiger charge is 2.23. The van der Waals surface area contributed by atoms with E-state index < -0.39 is 5.82 Å². The fraction of sp³-hybridized carbons (Fsp3) is 0.364. The predicted molar refractivity (Wildman–Crippen MR) is 106 cm³/mol. The fourth-order valence-electron chi connectivity index (χ4n) is 3.31. The minimum Gasteiger partial charge on any atom is -0.351 e. The summed E-state index contributed by atoms with van der Waals surface area (Å²) in [5.74, 6) is -0.899. The van der Waals surface area contributed by atoms with Crippen LogP contribution in [0.3, 0.4) is 0 Å². The summed E-state index contributed by atoms with van der Waals surface area (Å²) < 4.78 is 13.7. The molecule has 1 saturated heterocycles.